The molecule has 6 heteroatoms. The number of benzene rings is 2. The van der Waals surface area contributed by atoms with Crippen LogP contribution in [0.5, 0.6) is 0 Å². The molecule has 0 bridgehead atoms. The Morgan fingerprint density at radius 1 is 1.17 bits per heavy atom. The van der Waals surface area contributed by atoms with Gasteiger partial charge in [-0.05, 0) is 36.4 Å². The Labute approximate surface area is 142 Å². The molecular weight excluding hydrogens is 358 g/mol. The van der Waals surface area contributed by atoms with Crippen LogP contribution in [0.3, 0.4) is 0 Å². The Bertz CT molecular complexity index is 766. The van der Waals surface area contributed by atoms with Crippen molar-refractivity contribution in [3.63, 3.8) is 0 Å². The number of rotatable bonds is 4. The van der Waals surface area contributed by atoms with Crippen molar-refractivity contribution in [3.8, 4) is 6.07 Å². The minimum Gasteiger partial charge on any atom is -0.323 e. The van der Waals surface area contributed by atoms with E-state index in [2.05, 4.69) is 21.2 Å². The summed E-state index contributed by atoms with van der Waals surface area (Å²) in [5.74, 6) is -0.609. The molecule has 0 radical (unpaired) electrons. The number of nitrogens with one attached hydrogen (secondary N) is 1. The third kappa shape index (κ3) is 4.41. The number of carbonyl (C=O) groups excluding carboxylic acids is 2. The number of hydrogen-bond donors (Lipinski definition) is 1. The SMILES string of the molecule is CC(=O)N(CC(=O)Nc1ccccc1C#N)c1ccc(Br)cc1. The molecule has 0 aliphatic rings. The highest BCUT2D eigenvalue weighted by molar-refractivity contribution is 9.10. The lowest BCUT2D eigenvalue weighted by atomic mass is 10.2. The second-order valence-electron chi connectivity index (χ2n) is 4.79. The van der Waals surface area contributed by atoms with Gasteiger partial charge in [0.2, 0.25) is 11.8 Å². The van der Waals surface area contributed by atoms with E-state index in [0.29, 0.717) is 16.9 Å². The van der Waals surface area contributed by atoms with Gasteiger partial charge in [-0.1, -0.05) is 28.1 Å². The molecule has 0 heterocycles. The van der Waals surface area contributed by atoms with Crippen LogP contribution in [0, 0.1) is 11.3 Å². The van der Waals surface area contributed by atoms with Crippen LogP contribution in [-0.2, 0) is 9.59 Å². The maximum atomic E-state index is 12.2. The minimum atomic E-state index is -0.370. The fourth-order valence-corrected chi connectivity index (χ4v) is 2.29. The van der Waals surface area contributed by atoms with Crippen molar-refractivity contribution in [2.45, 2.75) is 6.92 Å². The Balaban J connectivity index is 2.14. The fourth-order valence-electron chi connectivity index (χ4n) is 2.03. The quantitative estimate of drug-likeness (QED) is 0.895. The monoisotopic (exact) mass is 371 g/mol. The van der Waals surface area contributed by atoms with Crippen LogP contribution in [0.2, 0.25) is 0 Å². The number of halogens is 1. The molecule has 23 heavy (non-hydrogen) atoms. The van der Waals surface area contributed by atoms with E-state index in [-0.39, 0.29) is 18.4 Å². The van der Waals surface area contributed by atoms with Gasteiger partial charge in [-0.3, -0.25) is 9.59 Å². The smallest absolute Gasteiger partial charge is 0.244 e. The summed E-state index contributed by atoms with van der Waals surface area (Å²) in [5, 5.41) is 11.7. The Hall–Kier alpha value is -2.65. The second-order valence-corrected chi connectivity index (χ2v) is 5.70. The molecule has 0 aliphatic carbocycles. The van der Waals surface area contributed by atoms with E-state index in [9.17, 15) is 9.59 Å². The molecule has 0 spiro atoms. The number of carbonyl (C=O) groups is 2. The normalized spacial score (nSPS) is 9.78. The summed E-state index contributed by atoms with van der Waals surface area (Å²) in [6, 6.07) is 15.8. The first kappa shape index (κ1) is 16.7. The average molecular weight is 372 g/mol. The molecule has 1 N–H and O–H groups in total. The third-order valence-electron chi connectivity index (χ3n) is 3.14. The van der Waals surface area contributed by atoms with Gasteiger partial charge in [0.05, 0.1) is 11.3 Å². The largest absolute Gasteiger partial charge is 0.323 e. The molecule has 5 nitrogen and oxygen atoms in total. The molecule has 2 amide bonds. The molecule has 116 valence electrons. The zero-order valence-corrected chi connectivity index (χ0v) is 14.0. The first-order valence-corrected chi connectivity index (χ1v) is 7.63. The lowest BCUT2D eigenvalue weighted by Gasteiger charge is -2.21. The molecule has 0 saturated carbocycles. The maximum Gasteiger partial charge on any atom is 0.244 e. The van der Waals surface area contributed by atoms with E-state index < -0.39 is 0 Å². The standard InChI is InChI=1S/C17H14BrN3O2/c1-12(22)21(15-8-6-14(18)7-9-15)11-17(23)20-16-5-3-2-4-13(16)10-19/h2-9H,11H2,1H3,(H,20,23). The van der Waals surface area contributed by atoms with Gasteiger partial charge in [0.25, 0.3) is 0 Å². The van der Waals surface area contributed by atoms with Crippen LogP contribution < -0.4 is 10.2 Å². The molecule has 2 aromatic carbocycles. The van der Waals surface area contributed by atoms with E-state index in [1.54, 1.807) is 48.5 Å². The van der Waals surface area contributed by atoms with Gasteiger partial charge < -0.3 is 10.2 Å². The lowest BCUT2D eigenvalue weighted by Crippen LogP contribution is -2.36. The summed E-state index contributed by atoms with van der Waals surface area (Å²) in [6.07, 6.45) is 0. The zero-order chi connectivity index (χ0) is 16.8. The first-order valence-electron chi connectivity index (χ1n) is 6.84. The maximum absolute atomic E-state index is 12.2. The predicted octanol–water partition coefficient (Wildman–Crippen LogP) is 3.31. The lowest BCUT2D eigenvalue weighted by molar-refractivity contribution is -0.120. The summed E-state index contributed by atoms with van der Waals surface area (Å²) in [6.45, 7) is 1.27. The van der Waals surface area contributed by atoms with Gasteiger partial charge in [-0.15, -0.1) is 0 Å². The molecule has 0 unspecified atom stereocenters. The summed E-state index contributed by atoms with van der Waals surface area (Å²) in [5.41, 5.74) is 1.43. The van der Waals surface area contributed by atoms with E-state index >= 15 is 0 Å². The number of anilines is 2. The molecule has 0 atom stereocenters. The van der Waals surface area contributed by atoms with E-state index in [4.69, 9.17) is 5.26 Å². The summed E-state index contributed by atoms with van der Waals surface area (Å²) >= 11 is 3.33. The Kier molecular flexibility index (Phi) is 5.50. The number of para-hydroxylation sites is 1. The minimum absolute atomic E-state index is 0.128. The molecule has 2 aromatic rings. The van der Waals surface area contributed by atoms with Crippen molar-refractivity contribution in [1.82, 2.24) is 0 Å². The topological polar surface area (TPSA) is 73.2 Å². The van der Waals surface area contributed by atoms with Gasteiger partial charge in [0.1, 0.15) is 12.6 Å². The van der Waals surface area contributed by atoms with Gasteiger partial charge in [0, 0.05) is 17.1 Å². The van der Waals surface area contributed by atoms with Crippen molar-refractivity contribution < 1.29 is 9.59 Å². The van der Waals surface area contributed by atoms with Gasteiger partial charge in [0.15, 0.2) is 0 Å². The summed E-state index contributed by atoms with van der Waals surface area (Å²) in [7, 11) is 0. The second kappa shape index (κ2) is 7.56. The number of nitrogens with zero attached hydrogens (tertiary/aromatic N) is 2. The average Bonchev–Trinajstić information content (AvgIpc) is 2.54. The van der Waals surface area contributed by atoms with Gasteiger partial charge in [-0.2, -0.15) is 5.26 Å². The van der Waals surface area contributed by atoms with E-state index in [0.717, 1.165) is 4.47 Å². The van der Waals surface area contributed by atoms with E-state index in [1.807, 2.05) is 6.07 Å². The highest BCUT2D eigenvalue weighted by Gasteiger charge is 2.16. The first-order chi connectivity index (χ1) is 11.0. The number of amides is 2. The number of hydrogen-bond acceptors (Lipinski definition) is 3. The van der Waals surface area contributed by atoms with E-state index in [1.165, 1.54) is 11.8 Å². The van der Waals surface area contributed by atoms with Gasteiger partial charge in [-0.25, -0.2) is 0 Å². The molecule has 0 aromatic heterocycles. The summed E-state index contributed by atoms with van der Waals surface area (Å²) in [4.78, 5) is 25.4. The molecule has 0 saturated heterocycles. The van der Waals surface area contributed by atoms with Crippen LogP contribution in [0.4, 0.5) is 11.4 Å². The zero-order valence-electron chi connectivity index (χ0n) is 12.4. The van der Waals surface area contributed by atoms with Crippen molar-refractivity contribution in [1.29, 1.82) is 5.26 Å². The van der Waals surface area contributed by atoms with Crippen molar-refractivity contribution in [2.24, 2.45) is 0 Å². The van der Waals surface area contributed by atoms with Crippen LogP contribution in [0.1, 0.15) is 12.5 Å². The van der Waals surface area contributed by atoms with Crippen molar-refractivity contribution in [2.75, 3.05) is 16.8 Å². The van der Waals surface area contributed by atoms with Crippen molar-refractivity contribution >= 4 is 39.1 Å². The molecular formula is C17H14BrN3O2. The Morgan fingerprint density at radius 2 is 1.83 bits per heavy atom. The molecule has 2 rings (SSSR count). The van der Waals surface area contributed by atoms with Crippen molar-refractivity contribution in [3.05, 3.63) is 58.6 Å². The summed E-state index contributed by atoms with van der Waals surface area (Å²) < 4.78 is 0.886. The number of nitriles is 1. The van der Waals surface area contributed by atoms with Crippen LogP contribution in [0.25, 0.3) is 0 Å². The predicted molar refractivity (Wildman–Crippen MR) is 92.0 cm³/mol. The molecule has 0 aliphatic heterocycles. The Morgan fingerprint density at radius 3 is 2.43 bits per heavy atom. The van der Waals surface area contributed by atoms with Gasteiger partial charge >= 0.3 is 0 Å². The fraction of sp³-hybridized carbons (Fsp3) is 0.118. The van der Waals surface area contributed by atoms with Crippen LogP contribution in [0.15, 0.2) is 53.0 Å². The molecule has 0 fully saturated rings. The van der Waals surface area contributed by atoms with Crippen LogP contribution in [-0.4, -0.2) is 18.4 Å². The third-order valence-corrected chi connectivity index (χ3v) is 3.67. The highest BCUT2D eigenvalue weighted by atomic mass is 79.9. The highest BCUT2D eigenvalue weighted by Crippen LogP contribution is 2.19. The van der Waals surface area contributed by atoms with Crippen LogP contribution >= 0.6 is 15.9 Å².